The van der Waals surface area contributed by atoms with Gasteiger partial charge in [0.2, 0.25) is 11.8 Å². The van der Waals surface area contributed by atoms with Gasteiger partial charge in [0.05, 0.1) is 18.7 Å². The van der Waals surface area contributed by atoms with Crippen molar-refractivity contribution in [2.45, 2.75) is 13.3 Å². The third-order valence-corrected chi connectivity index (χ3v) is 4.53. The summed E-state index contributed by atoms with van der Waals surface area (Å²) < 4.78 is 5.58. The lowest BCUT2D eigenvalue weighted by molar-refractivity contribution is -0.130. The van der Waals surface area contributed by atoms with Crippen LogP contribution in [0.15, 0.2) is 18.2 Å². The molecule has 24 heavy (non-hydrogen) atoms. The molecule has 0 bridgehead atoms. The first-order valence-corrected chi connectivity index (χ1v) is 8.05. The Labute approximate surface area is 140 Å². The molecule has 1 saturated heterocycles. The van der Waals surface area contributed by atoms with Crippen LogP contribution < -0.4 is 9.64 Å². The summed E-state index contributed by atoms with van der Waals surface area (Å²) in [5.74, 6) is 0.519. The second-order valence-corrected chi connectivity index (χ2v) is 6.03. The maximum atomic E-state index is 12.7. The van der Waals surface area contributed by atoms with Gasteiger partial charge in [-0.05, 0) is 18.2 Å². The molecule has 128 valence electrons. The standard InChI is InChI=1S/C17H21N3O4/c1-12(21)19-6-8-20(9-7-19)17(23)13-3-4-15-14(11-13)18(2)16(22)5-10-24-15/h3-4,11H,5-10H2,1-2H3. The fraction of sp³-hybridized carbons (Fsp3) is 0.471. The Bertz CT molecular complexity index is 680. The highest BCUT2D eigenvalue weighted by Gasteiger charge is 2.26. The number of nitrogens with zero attached hydrogens (tertiary/aromatic N) is 3. The summed E-state index contributed by atoms with van der Waals surface area (Å²) in [6, 6.07) is 5.17. The van der Waals surface area contributed by atoms with Gasteiger partial charge in [-0.15, -0.1) is 0 Å². The van der Waals surface area contributed by atoms with Gasteiger partial charge in [0, 0.05) is 45.7 Å². The molecular formula is C17H21N3O4. The second kappa shape index (κ2) is 6.51. The molecule has 0 spiro atoms. The molecule has 7 nitrogen and oxygen atoms in total. The number of anilines is 1. The molecule has 1 aromatic carbocycles. The summed E-state index contributed by atoms with van der Waals surface area (Å²) in [7, 11) is 1.69. The van der Waals surface area contributed by atoms with E-state index in [1.54, 1.807) is 35.0 Å². The van der Waals surface area contributed by atoms with Crippen molar-refractivity contribution in [3.8, 4) is 5.75 Å². The number of benzene rings is 1. The summed E-state index contributed by atoms with van der Waals surface area (Å²) in [5.41, 5.74) is 1.14. The highest BCUT2D eigenvalue weighted by atomic mass is 16.5. The quantitative estimate of drug-likeness (QED) is 0.761. The van der Waals surface area contributed by atoms with E-state index in [2.05, 4.69) is 0 Å². The first kappa shape index (κ1) is 16.3. The highest BCUT2D eigenvalue weighted by Crippen LogP contribution is 2.32. The van der Waals surface area contributed by atoms with E-state index in [0.29, 0.717) is 56.2 Å². The molecule has 0 radical (unpaired) electrons. The topological polar surface area (TPSA) is 70.2 Å². The van der Waals surface area contributed by atoms with Crippen molar-refractivity contribution < 1.29 is 19.1 Å². The Morgan fingerprint density at radius 3 is 2.42 bits per heavy atom. The predicted octanol–water partition coefficient (Wildman–Crippen LogP) is 0.736. The van der Waals surface area contributed by atoms with Crippen LogP contribution in [0.3, 0.4) is 0 Å². The minimum absolute atomic E-state index is 0.0319. The van der Waals surface area contributed by atoms with E-state index in [4.69, 9.17) is 4.74 Å². The first-order chi connectivity index (χ1) is 11.5. The van der Waals surface area contributed by atoms with Crippen molar-refractivity contribution in [1.29, 1.82) is 0 Å². The lowest BCUT2D eigenvalue weighted by Gasteiger charge is -2.34. The molecule has 0 unspecified atom stereocenters. The molecule has 0 saturated carbocycles. The number of rotatable bonds is 1. The van der Waals surface area contributed by atoms with E-state index < -0.39 is 0 Å². The van der Waals surface area contributed by atoms with E-state index in [9.17, 15) is 14.4 Å². The molecule has 2 aliphatic heterocycles. The molecule has 1 fully saturated rings. The largest absolute Gasteiger partial charge is 0.491 e. The van der Waals surface area contributed by atoms with Gasteiger partial charge in [-0.25, -0.2) is 0 Å². The van der Waals surface area contributed by atoms with E-state index in [-0.39, 0.29) is 17.7 Å². The fourth-order valence-electron chi connectivity index (χ4n) is 2.99. The smallest absolute Gasteiger partial charge is 0.254 e. The fourth-order valence-corrected chi connectivity index (χ4v) is 2.99. The number of carbonyl (C=O) groups excluding carboxylic acids is 3. The monoisotopic (exact) mass is 331 g/mol. The SMILES string of the molecule is CC(=O)N1CCN(C(=O)c2ccc3c(c2)N(C)C(=O)CCO3)CC1. The summed E-state index contributed by atoms with van der Waals surface area (Å²) in [4.78, 5) is 41.1. The number of hydrogen-bond acceptors (Lipinski definition) is 4. The lowest BCUT2D eigenvalue weighted by Crippen LogP contribution is -2.50. The second-order valence-electron chi connectivity index (χ2n) is 6.03. The van der Waals surface area contributed by atoms with Crippen molar-refractivity contribution in [1.82, 2.24) is 9.80 Å². The lowest BCUT2D eigenvalue weighted by atomic mass is 10.1. The maximum absolute atomic E-state index is 12.7. The van der Waals surface area contributed by atoms with Crippen LogP contribution in [0.2, 0.25) is 0 Å². The van der Waals surface area contributed by atoms with E-state index >= 15 is 0 Å². The molecule has 2 heterocycles. The Morgan fingerprint density at radius 2 is 1.75 bits per heavy atom. The molecule has 0 aliphatic carbocycles. The number of carbonyl (C=O) groups is 3. The van der Waals surface area contributed by atoms with Crippen LogP contribution in [0.5, 0.6) is 5.75 Å². The molecule has 3 amide bonds. The van der Waals surface area contributed by atoms with Crippen LogP contribution in [0.4, 0.5) is 5.69 Å². The normalized spacial score (nSPS) is 17.9. The van der Waals surface area contributed by atoms with Crippen LogP contribution in [0, 0.1) is 0 Å². The van der Waals surface area contributed by atoms with E-state index in [1.807, 2.05) is 0 Å². The van der Waals surface area contributed by atoms with Gasteiger partial charge < -0.3 is 19.4 Å². The van der Waals surface area contributed by atoms with Crippen molar-refractivity contribution >= 4 is 23.4 Å². The zero-order chi connectivity index (χ0) is 17.3. The Kier molecular flexibility index (Phi) is 4.42. The summed E-state index contributed by atoms with van der Waals surface area (Å²) in [6.07, 6.45) is 0.321. The van der Waals surface area contributed by atoms with Gasteiger partial charge in [-0.2, -0.15) is 0 Å². The van der Waals surface area contributed by atoms with Gasteiger partial charge in [0.1, 0.15) is 5.75 Å². The number of ether oxygens (including phenoxy) is 1. The third-order valence-electron chi connectivity index (χ3n) is 4.53. The van der Waals surface area contributed by atoms with Gasteiger partial charge in [0.15, 0.2) is 0 Å². The summed E-state index contributed by atoms with van der Waals surface area (Å²) >= 11 is 0. The zero-order valence-electron chi connectivity index (χ0n) is 13.9. The van der Waals surface area contributed by atoms with Crippen LogP contribution >= 0.6 is 0 Å². The van der Waals surface area contributed by atoms with Gasteiger partial charge in [0.25, 0.3) is 5.91 Å². The van der Waals surface area contributed by atoms with Crippen molar-refractivity contribution in [2.24, 2.45) is 0 Å². The molecule has 1 aromatic rings. The van der Waals surface area contributed by atoms with Gasteiger partial charge in [-0.3, -0.25) is 14.4 Å². The van der Waals surface area contributed by atoms with Crippen LogP contribution in [-0.4, -0.2) is 67.4 Å². The minimum Gasteiger partial charge on any atom is -0.491 e. The molecular weight excluding hydrogens is 310 g/mol. The number of hydrogen-bond donors (Lipinski definition) is 0. The molecule has 3 rings (SSSR count). The first-order valence-electron chi connectivity index (χ1n) is 8.05. The Hall–Kier alpha value is -2.57. The molecule has 0 aromatic heterocycles. The molecule has 7 heteroatoms. The number of amides is 3. The summed E-state index contributed by atoms with van der Waals surface area (Å²) in [5, 5.41) is 0. The molecule has 0 N–H and O–H groups in total. The van der Waals surface area contributed by atoms with Crippen LogP contribution in [-0.2, 0) is 9.59 Å². The highest BCUT2D eigenvalue weighted by molar-refractivity contribution is 5.99. The molecule has 2 aliphatic rings. The van der Waals surface area contributed by atoms with E-state index in [0.717, 1.165) is 0 Å². The predicted molar refractivity (Wildman–Crippen MR) is 88.1 cm³/mol. The third kappa shape index (κ3) is 3.06. The number of piperazine rings is 1. The average molecular weight is 331 g/mol. The van der Waals surface area contributed by atoms with Crippen molar-refractivity contribution in [3.63, 3.8) is 0 Å². The van der Waals surface area contributed by atoms with Gasteiger partial charge in [-0.1, -0.05) is 0 Å². The van der Waals surface area contributed by atoms with Gasteiger partial charge >= 0.3 is 0 Å². The average Bonchev–Trinajstić information content (AvgIpc) is 2.73. The number of fused-ring (bicyclic) bond motifs is 1. The van der Waals surface area contributed by atoms with Crippen LogP contribution in [0.1, 0.15) is 23.7 Å². The zero-order valence-corrected chi connectivity index (χ0v) is 13.9. The Morgan fingerprint density at radius 1 is 1.08 bits per heavy atom. The van der Waals surface area contributed by atoms with E-state index in [1.165, 1.54) is 11.8 Å². The maximum Gasteiger partial charge on any atom is 0.254 e. The van der Waals surface area contributed by atoms with Crippen molar-refractivity contribution in [3.05, 3.63) is 23.8 Å². The molecule has 0 atom stereocenters. The minimum atomic E-state index is -0.0916. The summed E-state index contributed by atoms with van der Waals surface area (Å²) in [6.45, 7) is 4.01. The van der Waals surface area contributed by atoms with Crippen molar-refractivity contribution in [2.75, 3.05) is 44.7 Å². The Balaban J connectivity index is 1.78. The van der Waals surface area contributed by atoms with Crippen LogP contribution in [0.25, 0.3) is 0 Å².